The third-order valence-electron chi connectivity index (χ3n) is 1.63. The lowest BCUT2D eigenvalue weighted by atomic mass is 10.5. The van der Waals surface area contributed by atoms with Crippen molar-refractivity contribution in [2.45, 2.75) is 0 Å². The van der Waals surface area contributed by atoms with Gasteiger partial charge in [-0.05, 0) is 6.72 Å². The minimum atomic E-state index is 0.528. The zero-order valence-corrected chi connectivity index (χ0v) is 6.60. The van der Waals surface area contributed by atoms with Crippen LogP contribution in [-0.2, 0) is 7.05 Å². The largest absolute Gasteiger partial charge is 0.318 e. The van der Waals surface area contributed by atoms with Gasteiger partial charge in [0.1, 0.15) is 6.33 Å². The molecule has 0 unspecified atom stereocenters. The monoisotopic (exact) mass is 161 g/mol. The Morgan fingerprint density at radius 2 is 2.25 bits per heavy atom. The molecule has 2 heterocycles. The summed E-state index contributed by atoms with van der Waals surface area (Å²) in [5, 5.41) is 0. The van der Waals surface area contributed by atoms with Gasteiger partial charge in [0.05, 0.1) is 6.33 Å². The first-order valence-corrected chi connectivity index (χ1v) is 3.41. The second-order valence-electron chi connectivity index (χ2n) is 2.38. The summed E-state index contributed by atoms with van der Waals surface area (Å²) < 4.78 is 1.81. The molecular formula is C7H7N5. The predicted octanol–water partition coefficient (Wildman–Crippen LogP) is 0.695. The lowest BCUT2D eigenvalue weighted by Crippen LogP contribution is -1.88. The Balaban J connectivity index is 2.89. The van der Waals surface area contributed by atoms with Crippen LogP contribution in [0.4, 0.5) is 5.82 Å². The van der Waals surface area contributed by atoms with Crippen LogP contribution in [0.3, 0.4) is 0 Å². The van der Waals surface area contributed by atoms with Crippen molar-refractivity contribution < 1.29 is 0 Å². The van der Waals surface area contributed by atoms with Gasteiger partial charge in [-0.15, -0.1) is 0 Å². The maximum Gasteiger partial charge on any atom is 0.182 e. The SMILES string of the molecule is C=Nc1ncnc2c1ncn2C. The van der Waals surface area contributed by atoms with E-state index in [1.165, 1.54) is 6.33 Å². The second kappa shape index (κ2) is 2.37. The van der Waals surface area contributed by atoms with Crippen LogP contribution in [0.15, 0.2) is 17.6 Å². The highest BCUT2D eigenvalue weighted by Gasteiger charge is 2.05. The van der Waals surface area contributed by atoms with Gasteiger partial charge in [0.25, 0.3) is 0 Å². The summed E-state index contributed by atoms with van der Waals surface area (Å²) in [6, 6.07) is 0. The van der Waals surface area contributed by atoms with Crippen molar-refractivity contribution in [3.05, 3.63) is 12.7 Å². The Bertz CT molecular complexity index is 430. The van der Waals surface area contributed by atoms with E-state index in [2.05, 4.69) is 26.7 Å². The minimum absolute atomic E-state index is 0.528. The van der Waals surface area contributed by atoms with Crippen LogP contribution >= 0.6 is 0 Å². The molecule has 0 bridgehead atoms. The summed E-state index contributed by atoms with van der Waals surface area (Å²) in [6.07, 6.45) is 3.13. The molecule has 0 aliphatic heterocycles. The van der Waals surface area contributed by atoms with E-state index in [0.29, 0.717) is 11.3 Å². The quantitative estimate of drug-likeness (QED) is 0.578. The zero-order chi connectivity index (χ0) is 8.55. The summed E-state index contributed by atoms with van der Waals surface area (Å²) in [4.78, 5) is 15.8. The summed E-state index contributed by atoms with van der Waals surface area (Å²) in [5.74, 6) is 0.528. The fourth-order valence-electron chi connectivity index (χ4n) is 1.05. The number of aromatic nitrogens is 4. The Kier molecular flexibility index (Phi) is 1.36. The lowest BCUT2D eigenvalue weighted by molar-refractivity contribution is 0.928. The molecule has 60 valence electrons. The van der Waals surface area contributed by atoms with Crippen molar-refractivity contribution >= 4 is 23.7 Å². The first-order chi connectivity index (χ1) is 5.83. The standard InChI is InChI=1S/C7H7N5/c1-8-6-5-7(10-3-9-6)12(2)4-11-5/h3-4H,1H2,2H3. The van der Waals surface area contributed by atoms with Crippen LogP contribution in [-0.4, -0.2) is 26.2 Å². The Hall–Kier alpha value is -1.78. The molecule has 2 aromatic rings. The van der Waals surface area contributed by atoms with Crippen LogP contribution in [0.25, 0.3) is 11.2 Å². The van der Waals surface area contributed by atoms with Gasteiger partial charge in [-0.25, -0.2) is 19.9 Å². The molecule has 0 aromatic carbocycles. The van der Waals surface area contributed by atoms with E-state index in [1.807, 2.05) is 11.6 Å². The first-order valence-electron chi connectivity index (χ1n) is 3.41. The molecule has 0 amide bonds. The molecular weight excluding hydrogens is 154 g/mol. The van der Waals surface area contributed by atoms with E-state index in [4.69, 9.17) is 0 Å². The molecule has 0 atom stereocenters. The van der Waals surface area contributed by atoms with E-state index < -0.39 is 0 Å². The maximum absolute atomic E-state index is 4.09. The number of imidazole rings is 1. The van der Waals surface area contributed by atoms with Gasteiger partial charge in [-0.1, -0.05) is 0 Å². The molecule has 0 saturated carbocycles. The number of hydrogen-bond acceptors (Lipinski definition) is 4. The highest BCUT2D eigenvalue weighted by Crippen LogP contribution is 2.17. The third kappa shape index (κ3) is 0.795. The molecule has 0 N–H and O–H groups in total. The molecule has 0 saturated heterocycles. The molecule has 0 spiro atoms. The summed E-state index contributed by atoms with van der Waals surface area (Å²) in [5.41, 5.74) is 1.46. The topological polar surface area (TPSA) is 56.0 Å². The van der Waals surface area contributed by atoms with Gasteiger partial charge < -0.3 is 4.57 Å². The van der Waals surface area contributed by atoms with Crippen LogP contribution in [0.5, 0.6) is 0 Å². The van der Waals surface area contributed by atoms with Crippen LogP contribution in [0.2, 0.25) is 0 Å². The molecule has 0 fully saturated rings. The number of nitrogens with zero attached hydrogens (tertiary/aromatic N) is 5. The van der Waals surface area contributed by atoms with Gasteiger partial charge in [0.2, 0.25) is 0 Å². The normalized spacial score (nSPS) is 10.4. The number of aryl methyl sites for hydroxylation is 1. The lowest BCUT2D eigenvalue weighted by Gasteiger charge is -1.93. The van der Waals surface area contributed by atoms with Gasteiger partial charge in [-0.3, -0.25) is 0 Å². The molecule has 0 radical (unpaired) electrons. The van der Waals surface area contributed by atoms with Crippen molar-refractivity contribution in [3.63, 3.8) is 0 Å². The van der Waals surface area contributed by atoms with Crippen molar-refractivity contribution in [1.29, 1.82) is 0 Å². The molecule has 0 aliphatic rings. The van der Waals surface area contributed by atoms with Crippen molar-refractivity contribution in [2.75, 3.05) is 0 Å². The molecule has 2 aromatic heterocycles. The van der Waals surface area contributed by atoms with Crippen molar-refractivity contribution in [2.24, 2.45) is 12.0 Å². The van der Waals surface area contributed by atoms with Gasteiger partial charge in [0.15, 0.2) is 17.0 Å². The summed E-state index contributed by atoms with van der Waals surface area (Å²) in [6.45, 7) is 3.40. The van der Waals surface area contributed by atoms with E-state index in [9.17, 15) is 0 Å². The number of aliphatic imine (C=N–C) groups is 1. The Morgan fingerprint density at radius 3 is 3.00 bits per heavy atom. The maximum atomic E-state index is 4.09. The highest BCUT2D eigenvalue weighted by molar-refractivity contribution is 5.81. The van der Waals surface area contributed by atoms with Gasteiger partial charge >= 0.3 is 0 Å². The average Bonchev–Trinajstić information content (AvgIpc) is 2.48. The molecule has 5 nitrogen and oxygen atoms in total. The molecule has 12 heavy (non-hydrogen) atoms. The van der Waals surface area contributed by atoms with Crippen molar-refractivity contribution in [3.8, 4) is 0 Å². The Morgan fingerprint density at radius 1 is 1.42 bits per heavy atom. The highest BCUT2D eigenvalue weighted by atomic mass is 15.1. The molecule has 5 heteroatoms. The zero-order valence-electron chi connectivity index (χ0n) is 6.60. The van der Waals surface area contributed by atoms with E-state index in [-0.39, 0.29) is 0 Å². The average molecular weight is 161 g/mol. The van der Waals surface area contributed by atoms with Gasteiger partial charge in [-0.2, -0.15) is 0 Å². The Labute approximate surface area is 68.8 Å². The third-order valence-corrected chi connectivity index (χ3v) is 1.63. The van der Waals surface area contributed by atoms with E-state index in [0.717, 1.165) is 5.65 Å². The molecule has 0 aliphatic carbocycles. The first kappa shape index (κ1) is 6.90. The fraction of sp³-hybridized carbons (Fsp3) is 0.143. The number of rotatable bonds is 1. The van der Waals surface area contributed by atoms with Gasteiger partial charge in [0, 0.05) is 7.05 Å². The van der Waals surface area contributed by atoms with Crippen LogP contribution < -0.4 is 0 Å². The van der Waals surface area contributed by atoms with Crippen LogP contribution in [0, 0.1) is 0 Å². The van der Waals surface area contributed by atoms with Crippen molar-refractivity contribution in [1.82, 2.24) is 19.5 Å². The number of fused-ring (bicyclic) bond motifs is 1. The molecule has 2 rings (SSSR count). The fourth-order valence-corrected chi connectivity index (χ4v) is 1.05. The number of hydrogen-bond donors (Lipinski definition) is 0. The summed E-state index contributed by atoms with van der Waals surface area (Å²) in [7, 11) is 1.87. The minimum Gasteiger partial charge on any atom is -0.318 e. The van der Waals surface area contributed by atoms with E-state index in [1.54, 1.807) is 6.33 Å². The summed E-state index contributed by atoms with van der Waals surface area (Å²) >= 11 is 0. The smallest absolute Gasteiger partial charge is 0.182 e. The van der Waals surface area contributed by atoms with Crippen LogP contribution in [0.1, 0.15) is 0 Å². The van der Waals surface area contributed by atoms with E-state index >= 15 is 0 Å². The predicted molar refractivity (Wildman–Crippen MR) is 45.5 cm³/mol. The second-order valence-corrected chi connectivity index (χ2v) is 2.38.